The Hall–Kier alpha value is -2.58. The van der Waals surface area contributed by atoms with Crippen molar-refractivity contribution in [1.82, 2.24) is 0 Å². The number of hydrogen-bond donors (Lipinski definition) is 1. The number of likely N-dealkylation sites (N-methyl/N-ethyl adjacent to an activating group) is 1. The van der Waals surface area contributed by atoms with Crippen molar-refractivity contribution < 1.29 is 18.0 Å². The van der Waals surface area contributed by atoms with Gasteiger partial charge in [-0.2, -0.15) is 0 Å². The number of amides is 2. The van der Waals surface area contributed by atoms with Crippen LogP contribution in [-0.4, -0.2) is 33.8 Å². The van der Waals surface area contributed by atoms with Gasteiger partial charge in [-0.05, 0) is 48.4 Å². The molecule has 0 aliphatic carbocycles. The number of rotatable bonds is 4. The minimum Gasteiger partial charge on any atom is -0.315 e. The molecule has 7 nitrogen and oxygen atoms in total. The maximum atomic E-state index is 12.8. The van der Waals surface area contributed by atoms with E-state index in [1.54, 1.807) is 30.1 Å². The van der Waals surface area contributed by atoms with Crippen molar-refractivity contribution in [1.29, 1.82) is 0 Å². The van der Waals surface area contributed by atoms with Gasteiger partial charge in [0.15, 0.2) is 0 Å². The Labute approximate surface area is 167 Å². The van der Waals surface area contributed by atoms with Gasteiger partial charge in [0, 0.05) is 25.7 Å². The number of sulfonamides is 1. The normalized spacial score (nSPS) is 16.6. The van der Waals surface area contributed by atoms with Crippen LogP contribution in [0.15, 0.2) is 41.3 Å². The molecule has 1 N–H and O–H groups in total. The summed E-state index contributed by atoms with van der Waals surface area (Å²) in [6.07, 6.45) is 1.44. The number of benzene rings is 2. The maximum absolute atomic E-state index is 12.8. The summed E-state index contributed by atoms with van der Waals surface area (Å²) >= 11 is 6.29. The lowest BCUT2D eigenvalue weighted by molar-refractivity contribution is -0.117. The summed E-state index contributed by atoms with van der Waals surface area (Å²) in [5.74, 6) is -0.0655. The largest absolute Gasteiger partial charge is 0.315 e. The molecule has 2 heterocycles. The van der Waals surface area contributed by atoms with E-state index in [-0.39, 0.29) is 23.1 Å². The lowest BCUT2D eigenvalue weighted by Crippen LogP contribution is -2.24. The predicted molar refractivity (Wildman–Crippen MR) is 107 cm³/mol. The zero-order valence-electron chi connectivity index (χ0n) is 15.1. The van der Waals surface area contributed by atoms with Gasteiger partial charge >= 0.3 is 0 Å². The van der Waals surface area contributed by atoms with E-state index in [4.69, 9.17) is 11.6 Å². The van der Waals surface area contributed by atoms with E-state index in [2.05, 4.69) is 4.72 Å². The molecule has 146 valence electrons. The molecule has 0 aromatic heterocycles. The van der Waals surface area contributed by atoms with Crippen LogP contribution in [0.25, 0.3) is 0 Å². The van der Waals surface area contributed by atoms with Crippen LogP contribution in [-0.2, 0) is 26.0 Å². The second kappa shape index (κ2) is 6.79. The molecule has 0 bridgehead atoms. The predicted octanol–water partition coefficient (Wildman–Crippen LogP) is 2.79. The van der Waals surface area contributed by atoms with Crippen LogP contribution in [0.4, 0.5) is 17.1 Å². The van der Waals surface area contributed by atoms with Gasteiger partial charge in [-0.15, -0.1) is 0 Å². The SMILES string of the molecule is CN1C(=O)Cc2cc(S(=O)(=O)Nc3ccc(N4CCCC4=O)c(Cl)c3)ccc21. The topological polar surface area (TPSA) is 86.8 Å². The highest BCUT2D eigenvalue weighted by molar-refractivity contribution is 7.92. The summed E-state index contributed by atoms with van der Waals surface area (Å²) in [4.78, 5) is 26.9. The molecular weight excluding hydrogens is 402 g/mol. The summed E-state index contributed by atoms with van der Waals surface area (Å²) in [5.41, 5.74) is 2.27. The van der Waals surface area contributed by atoms with E-state index in [1.165, 1.54) is 23.1 Å². The van der Waals surface area contributed by atoms with Crippen molar-refractivity contribution in [2.24, 2.45) is 0 Å². The molecule has 0 radical (unpaired) electrons. The molecule has 0 unspecified atom stereocenters. The summed E-state index contributed by atoms with van der Waals surface area (Å²) in [7, 11) is -2.19. The maximum Gasteiger partial charge on any atom is 0.261 e. The van der Waals surface area contributed by atoms with Crippen LogP contribution in [0, 0.1) is 0 Å². The third kappa shape index (κ3) is 3.22. The summed E-state index contributed by atoms with van der Waals surface area (Å²) < 4.78 is 28.0. The van der Waals surface area contributed by atoms with Crippen molar-refractivity contribution >= 4 is 50.5 Å². The van der Waals surface area contributed by atoms with Crippen molar-refractivity contribution in [3.63, 3.8) is 0 Å². The van der Waals surface area contributed by atoms with Gasteiger partial charge in [0.2, 0.25) is 11.8 Å². The van der Waals surface area contributed by atoms with E-state index in [1.807, 2.05) is 0 Å². The molecule has 2 aliphatic rings. The number of anilines is 3. The lowest BCUT2D eigenvalue weighted by Gasteiger charge is -2.18. The van der Waals surface area contributed by atoms with E-state index >= 15 is 0 Å². The Morgan fingerprint density at radius 1 is 1.04 bits per heavy atom. The molecule has 1 fully saturated rings. The Kier molecular flexibility index (Phi) is 4.55. The minimum atomic E-state index is -3.85. The Morgan fingerprint density at radius 3 is 2.46 bits per heavy atom. The number of nitrogens with one attached hydrogen (secondary N) is 1. The van der Waals surface area contributed by atoms with Crippen LogP contribution < -0.4 is 14.5 Å². The number of fused-ring (bicyclic) bond motifs is 1. The van der Waals surface area contributed by atoms with E-state index in [0.717, 1.165) is 6.42 Å². The molecule has 28 heavy (non-hydrogen) atoms. The highest BCUT2D eigenvalue weighted by atomic mass is 35.5. The van der Waals surface area contributed by atoms with Gasteiger partial charge in [0.05, 0.1) is 27.7 Å². The summed E-state index contributed by atoms with van der Waals surface area (Å²) in [6.45, 7) is 0.603. The van der Waals surface area contributed by atoms with Crippen molar-refractivity contribution in [3.05, 3.63) is 47.0 Å². The molecule has 0 atom stereocenters. The van der Waals surface area contributed by atoms with E-state index in [0.29, 0.717) is 40.6 Å². The van der Waals surface area contributed by atoms with Gasteiger partial charge in [-0.3, -0.25) is 14.3 Å². The van der Waals surface area contributed by atoms with Crippen molar-refractivity contribution in [2.75, 3.05) is 28.1 Å². The molecule has 2 aromatic carbocycles. The fourth-order valence-corrected chi connectivity index (χ4v) is 4.90. The minimum absolute atomic E-state index is 0.00730. The van der Waals surface area contributed by atoms with Gasteiger partial charge in [0.25, 0.3) is 10.0 Å². The van der Waals surface area contributed by atoms with E-state index < -0.39 is 10.0 Å². The first-order chi connectivity index (χ1) is 13.3. The quantitative estimate of drug-likeness (QED) is 0.825. The molecule has 2 amide bonds. The zero-order chi connectivity index (χ0) is 20.1. The average Bonchev–Trinajstić information content (AvgIpc) is 3.18. The summed E-state index contributed by atoms with van der Waals surface area (Å²) in [6, 6.07) is 9.32. The Bertz CT molecular complexity index is 1100. The van der Waals surface area contributed by atoms with Crippen LogP contribution >= 0.6 is 11.6 Å². The fraction of sp³-hybridized carbons (Fsp3) is 0.263. The van der Waals surface area contributed by atoms with E-state index in [9.17, 15) is 18.0 Å². The summed E-state index contributed by atoms with van der Waals surface area (Å²) in [5, 5.41) is 0.302. The highest BCUT2D eigenvalue weighted by Gasteiger charge is 2.27. The molecular formula is C19H18ClN3O4S. The smallest absolute Gasteiger partial charge is 0.261 e. The average molecular weight is 420 g/mol. The van der Waals surface area contributed by atoms with Crippen molar-refractivity contribution in [3.8, 4) is 0 Å². The third-order valence-corrected chi connectivity index (χ3v) is 6.68. The monoisotopic (exact) mass is 419 g/mol. The third-order valence-electron chi connectivity index (χ3n) is 5.00. The number of carbonyl (C=O) groups excluding carboxylic acids is 2. The highest BCUT2D eigenvalue weighted by Crippen LogP contribution is 2.33. The van der Waals surface area contributed by atoms with Crippen molar-refractivity contribution in [2.45, 2.75) is 24.2 Å². The molecule has 4 rings (SSSR count). The first-order valence-corrected chi connectivity index (χ1v) is 10.6. The van der Waals surface area contributed by atoms with Gasteiger partial charge in [-0.25, -0.2) is 8.42 Å². The molecule has 2 aliphatic heterocycles. The first-order valence-electron chi connectivity index (χ1n) is 8.78. The molecule has 2 aromatic rings. The van der Waals surface area contributed by atoms with Crippen LogP contribution in [0.3, 0.4) is 0 Å². The van der Waals surface area contributed by atoms with Crippen LogP contribution in [0.5, 0.6) is 0 Å². The fourth-order valence-electron chi connectivity index (χ4n) is 3.52. The van der Waals surface area contributed by atoms with Gasteiger partial charge in [-0.1, -0.05) is 11.6 Å². The van der Waals surface area contributed by atoms with Gasteiger partial charge in [0.1, 0.15) is 0 Å². The Morgan fingerprint density at radius 2 is 1.79 bits per heavy atom. The number of hydrogen-bond acceptors (Lipinski definition) is 4. The molecule has 1 saturated heterocycles. The molecule has 0 saturated carbocycles. The lowest BCUT2D eigenvalue weighted by atomic mass is 10.2. The number of nitrogens with zero attached hydrogens (tertiary/aromatic N) is 2. The second-order valence-electron chi connectivity index (χ2n) is 6.84. The first kappa shape index (κ1) is 18.8. The van der Waals surface area contributed by atoms with Gasteiger partial charge < -0.3 is 9.80 Å². The number of carbonyl (C=O) groups is 2. The zero-order valence-corrected chi connectivity index (χ0v) is 16.7. The standard InChI is InChI=1S/C19H18ClN3O4S/c1-22-16-7-5-14(9-12(16)10-19(22)25)28(26,27)21-13-4-6-17(15(20)11-13)23-8-2-3-18(23)24/h4-7,9,11,21H,2-3,8,10H2,1H3. The van der Waals surface area contributed by atoms with Crippen LogP contribution in [0.2, 0.25) is 5.02 Å². The molecule has 0 spiro atoms. The van der Waals surface area contributed by atoms with Crippen LogP contribution in [0.1, 0.15) is 18.4 Å². The number of halogens is 1. The second-order valence-corrected chi connectivity index (χ2v) is 8.93. The molecule has 9 heteroatoms. The Balaban J connectivity index is 1.59.